The number of nitrogens with one attached hydrogen (secondary N) is 1. The third-order valence-electron chi connectivity index (χ3n) is 3.44. The Kier molecular flexibility index (Phi) is 4.04. The summed E-state index contributed by atoms with van der Waals surface area (Å²) in [6, 6.07) is 3.24. The van der Waals surface area contributed by atoms with Crippen molar-refractivity contribution in [3.8, 4) is 0 Å². The van der Waals surface area contributed by atoms with Gasteiger partial charge in [0, 0.05) is 18.6 Å². The number of halogens is 1. The van der Waals surface area contributed by atoms with Crippen molar-refractivity contribution in [2.75, 3.05) is 19.8 Å². The highest BCUT2D eigenvalue weighted by molar-refractivity contribution is 5.96. The van der Waals surface area contributed by atoms with Crippen LogP contribution < -0.4 is 5.32 Å². The van der Waals surface area contributed by atoms with Crippen molar-refractivity contribution in [3.05, 3.63) is 35.1 Å². The molecule has 1 aliphatic rings. The van der Waals surface area contributed by atoms with Crippen LogP contribution in [0.1, 0.15) is 34.1 Å². The van der Waals surface area contributed by atoms with Gasteiger partial charge in [-0.1, -0.05) is 6.92 Å². The Morgan fingerprint density at radius 2 is 2.25 bits per heavy atom. The van der Waals surface area contributed by atoms with Crippen LogP contribution in [0.2, 0.25) is 0 Å². The van der Waals surface area contributed by atoms with E-state index >= 15 is 0 Å². The lowest BCUT2D eigenvalue weighted by molar-refractivity contribution is 0.0695. The van der Waals surface area contributed by atoms with Crippen LogP contribution in [0.15, 0.2) is 18.2 Å². The first-order valence-corrected chi connectivity index (χ1v) is 6.30. The molecule has 1 unspecified atom stereocenters. The van der Waals surface area contributed by atoms with Gasteiger partial charge in [0.2, 0.25) is 0 Å². The van der Waals surface area contributed by atoms with Crippen molar-refractivity contribution in [1.29, 1.82) is 0 Å². The normalized spacial score (nSPS) is 21.7. The van der Waals surface area contributed by atoms with E-state index in [4.69, 9.17) is 9.84 Å². The second-order valence-electron chi connectivity index (χ2n) is 5.30. The topological polar surface area (TPSA) is 75.6 Å². The Morgan fingerprint density at radius 3 is 2.80 bits per heavy atom. The third-order valence-corrected chi connectivity index (χ3v) is 3.44. The summed E-state index contributed by atoms with van der Waals surface area (Å²) in [6.07, 6.45) is 0.841. The van der Waals surface area contributed by atoms with Gasteiger partial charge in [-0.05, 0) is 24.6 Å². The highest BCUT2D eigenvalue weighted by Gasteiger charge is 2.30. The molecule has 1 heterocycles. The first kappa shape index (κ1) is 14.5. The quantitative estimate of drug-likeness (QED) is 0.880. The minimum absolute atomic E-state index is 0.132. The number of ether oxygens (including phenoxy) is 1. The van der Waals surface area contributed by atoms with Crippen LogP contribution in [0.4, 0.5) is 4.39 Å². The SMILES string of the molecule is CC1(CNC(=O)c2ccc(C(=O)O)cc2F)CCOC1. The molecule has 108 valence electrons. The van der Waals surface area contributed by atoms with E-state index in [1.165, 1.54) is 12.1 Å². The minimum atomic E-state index is -1.23. The number of amides is 1. The average Bonchev–Trinajstić information content (AvgIpc) is 2.83. The summed E-state index contributed by atoms with van der Waals surface area (Å²) in [4.78, 5) is 22.6. The second kappa shape index (κ2) is 5.58. The summed E-state index contributed by atoms with van der Waals surface area (Å²) < 4.78 is 19.0. The maximum atomic E-state index is 13.7. The molecule has 20 heavy (non-hydrogen) atoms. The zero-order valence-electron chi connectivity index (χ0n) is 11.1. The monoisotopic (exact) mass is 281 g/mol. The van der Waals surface area contributed by atoms with Gasteiger partial charge in [0.05, 0.1) is 17.7 Å². The highest BCUT2D eigenvalue weighted by atomic mass is 19.1. The number of benzene rings is 1. The smallest absolute Gasteiger partial charge is 0.335 e. The molecule has 1 saturated heterocycles. The fraction of sp³-hybridized carbons (Fsp3) is 0.429. The lowest BCUT2D eigenvalue weighted by atomic mass is 9.90. The van der Waals surface area contributed by atoms with E-state index in [1.807, 2.05) is 6.92 Å². The number of carboxylic acid groups (broad SMARTS) is 1. The largest absolute Gasteiger partial charge is 0.478 e. The van der Waals surface area contributed by atoms with Crippen LogP contribution >= 0.6 is 0 Å². The molecule has 0 radical (unpaired) electrons. The van der Waals surface area contributed by atoms with Crippen LogP contribution in [0.25, 0.3) is 0 Å². The number of carboxylic acids is 1. The van der Waals surface area contributed by atoms with Gasteiger partial charge < -0.3 is 15.2 Å². The summed E-state index contributed by atoms with van der Waals surface area (Å²) in [5.74, 6) is -2.62. The molecule has 0 saturated carbocycles. The first-order chi connectivity index (χ1) is 9.41. The van der Waals surface area contributed by atoms with Crippen molar-refractivity contribution in [2.45, 2.75) is 13.3 Å². The van der Waals surface area contributed by atoms with Gasteiger partial charge in [-0.2, -0.15) is 0 Å². The molecule has 1 amide bonds. The molecule has 5 nitrogen and oxygen atoms in total. The van der Waals surface area contributed by atoms with E-state index in [0.29, 0.717) is 19.8 Å². The molecule has 0 spiro atoms. The Bertz CT molecular complexity index is 538. The number of aromatic carboxylic acids is 1. The van der Waals surface area contributed by atoms with Crippen molar-refractivity contribution in [1.82, 2.24) is 5.32 Å². The first-order valence-electron chi connectivity index (χ1n) is 6.30. The standard InChI is InChI=1S/C14H16FNO4/c1-14(4-5-20-8-14)7-16-12(17)10-3-2-9(13(18)19)6-11(10)15/h2-3,6H,4-5,7-8H2,1H3,(H,16,17)(H,18,19). The summed E-state index contributed by atoms with van der Waals surface area (Å²) in [7, 11) is 0. The molecule has 2 rings (SSSR count). The fourth-order valence-corrected chi connectivity index (χ4v) is 2.07. The molecule has 0 bridgehead atoms. The maximum absolute atomic E-state index is 13.7. The molecule has 1 aromatic carbocycles. The molecule has 0 aromatic heterocycles. The number of carbonyl (C=O) groups is 2. The zero-order chi connectivity index (χ0) is 14.8. The molecular formula is C14H16FNO4. The van der Waals surface area contributed by atoms with Crippen molar-refractivity contribution in [2.24, 2.45) is 5.41 Å². The lowest BCUT2D eigenvalue weighted by Gasteiger charge is -2.21. The predicted octanol–water partition coefficient (Wildman–Crippen LogP) is 1.68. The van der Waals surface area contributed by atoms with Crippen LogP contribution in [-0.2, 0) is 4.74 Å². The Labute approximate surface area is 115 Å². The van der Waals surface area contributed by atoms with Gasteiger partial charge in [-0.15, -0.1) is 0 Å². The van der Waals surface area contributed by atoms with Gasteiger partial charge in [-0.3, -0.25) is 4.79 Å². The zero-order valence-corrected chi connectivity index (χ0v) is 11.1. The molecule has 1 fully saturated rings. The molecule has 1 atom stereocenters. The highest BCUT2D eigenvalue weighted by Crippen LogP contribution is 2.26. The van der Waals surface area contributed by atoms with Crippen LogP contribution in [0.5, 0.6) is 0 Å². The van der Waals surface area contributed by atoms with Gasteiger partial charge in [-0.25, -0.2) is 9.18 Å². The summed E-state index contributed by atoms with van der Waals surface area (Å²) in [5, 5.41) is 11.4. The lowest BCUT2D eigenvalue weighted by Crippen LogP contribution is -2.36. The van der Waals surface area contributed by atoms with Crippen molar-refractivity contribution >= 4 is 11.9 Å². The van der Waals surface area contributed by atoms with Gasteiger partial charge in [0.15, 0.2) is 0 Å². The molecule has 1 aliphatic heterocycles. The van der Waals surface area contributed by atoms with Gasteiger partial charge in [0.25, 0.3) is 5.91 Å². The number of hydrogen-bond donors (Lipinski definition) is 2. The molecule has 0 aliphatic carbocycles. The molecule has 2 N–H and O–H groups in total. The van der Waals surface area contributed by atoms with Gasteiger partial charge >= 0.3 is 5.97 Å². The third kappa shape index (κ3) is 3.14. The van der Waals surface area contributed by atoms with Crippen molar-refractivity contribution < 1.29 is 23.8 Å². The minimum Gasteiger partial charge on any atom is -0.478 e. The average molecular weight is 281 g/mol. The Balaban J connectivity index is 2.04. The van der Waals surface area contributed by atoms with E-state index in [-0.39, 0.29) is 16.5 Å². The Morgan fingerprint density at radius 1 is 1.50 bits per heavy atom. The number of hydrogen-bond acceptors (Lipinski definition) is 3. The van der Waals surface area contributed by atoms with E-state index in [9.17, 15) is 14.0 Å². The van der Waals surface area contributed by atoms with E-state index in [1.54, 1.807) is 0 Å². The Hall–Kier alpha value is -1.95. The number of rotatable bonds is 4. The molecule has 6 heteroatoms. The van der Waals surface area contributed by atoms with Crippen LogP contribution in [-0.4, -0.2) is 36.7 Å². The number of carbonyl (C=O) groups excluding carboxylic acids is 1. The van der Waals surface area contributed by atoms with Gasteiger partial charge in [0.1, 0.15) is 5.82 Å². The van der Waals surface area contributed by atoms with Crippen molar-refractivity contribution in [3.63, 3.8) is 0 Å². The second-order valence-corrected chi connectivity index (χ2v) is 5.30. The summed E-state index contributed by atoms with van der Waals surface area (Å²) >= 11 is 0. The van der Waals surface area contributed by atoms with Crippen LogP contribution in [0.3, 0.4) is 0 Å². The van der Waals surface area contributed by atoms with E-state index < -0.39 is 17.7 Å². The summed E-state index contributed by atoms with van der Waals surface area (Å²) in [6.45, 7) is 3.61. The predicted molar refractivity (Wildman–Crippen MR) is 69.2 cm³/mol. The van der Waals surface area contributed by atoms with E-state index in [2.05, 4.69) is 5.32 Å². The maximum Gasteiger partial charge on any atom is 0.335 e. The fourth-order valence-electron chi connectivity index (χ4n) is 2.07. The van der Waals surface area contributed by atoms with E-state index in [0.717, 1.165) is 12.5 Å². The summed E-state index contributed by atoms with van der Waals surface area (Å²) in [5.41, 5.74) is -0.472. The molecular weight excluding hydrogens is 265 g/mol. The van der Waals surface area contributed by atoms with Crippen LogP contribution in [0, 0.1) is 11.2 Å². The molecule has 1 aromatic rings.